The summed E-state index contributed by atoms with van der Waals surface area (Å²) in [5, 5.41) is 14.6. The summed E-state index contributed by atoms with van der Waals surface area (Å²) in [7, 11) is 1.48. The molecule has 2 aromatic carbocycles. The second-order valence-electron chi connectivity index (χ2n) is 7.75. The number of rotatable bonds is 10. The second-order valence-corrected chi connectivity index (χ2v) is 7.75. The molecule has 8 heteroatoms. The van der Waals surface area contributed by atoms with Crippen molar-refractivity contribution >= 4 is 17.8 Å². The number of hydrogen-bond acceptors (Lipinski definition) is 5. The Hall–Kier alpha value is -4.20. The van der Waals surface area contributed by atoms with Gasteiger partial charge in [-0.3, -0.25) is 14.6 Å². The smallest absolute Gasteiger partial charge is 0.326 e. The molecule has 8 nitrogen and oxygen atoms in total. The number of nitrogens with one attached hydrogen (secondary N) is 2. The third kappa shape index (κ3) is 6.41. The molecule has 34 heavy (non-hydrogen) atoms. The number of amides is 2. The fourth-order valence-electron chi connectivity index (χ4n) is 3.47. The Bertz CT molecular complexity index is 1160. The third-order valence-corrected chi connectivity index (χ3v) is 5.35. The molecule has 0 saturated heterocycles. The number of ether oxygens (including phenoxy) is 1. The van der Waals surface area contributed by atoms with Crippen LogP contribution in [0.25, 0.3) is 11.1 Å². The van der Waals surface area contributed by atoms with Crippen LogP contribution in [0.2, 0.25) is 0 Å². The standard InChI is InChI=1S/C26H27N3O5/c1-17-6-3-4-8-20(17)22-14-18(16-34-19-7-5-13-28-15-19)9-10-21(22)25(31)29-23(26(32)33)11-12-24(30)27-2/h3-10,13-15,23H,11-12,16H2,1-2H3,(H,27,30)(H,29,31)(H,32,33). The van der Waals surface area contributed by atoms with Crippen molar-refractivity contribution in [3.63, 3.8) is 0 Å². The highest BCUT2D eigenvalue weighted by molar-refractivity contribution is 6.02. The van der Waals surface area contributed by atoms with Crippen LogP contribution in [0.3, 0.4) is 0 Å². The summed E-state index contributed by atoms with van der Waals surface area (Å²) in [6.07, 6.45) is 3.25. The number of carbonyl (C=O) groups excluding carboxylic acids is 2. The van der Waals surface area contributed by atoms with Crippen LogP contribution < -0.4 is 15.4 Å². The van der Waals surface area contributed by atoms with Gasteiger partial charge in [-0.25, -0.2) is 4.79 Å². The van der Waals surface area contributed by atoms with Gasteiger partial charge < -0.3 is 20.5 Å². The maximum absolute atomic E-state index is 13.2. The van der Waals surface area contributed by atoms with Crippen molar-refractivity contribution in [3.05, 3.63) is 83.7 Å². The zero-order valence-electron chi connectivity index (χ0n) is 19.1. The zero-order chi connectivity index (χ0) is 24.5. The third-order valence-electron chi connectivity index (χ3n) is 5.35. The molecule has 0 radical (unpaired) electrons. The van der Waals surface area contributed by atoms with Crippen LogP contribution in [0.4, 0.5) is 0 Å². The van der Waals surface area contributed by atoms with Gasteiger partial charge in [0.2, 0.25) is 5.91 Å². The second kappa shape index (κ2) is 11.6. The Balaban J connectivity index is 1.89. The summed E-state index contributed by atoms with van der Waals surface area (Å²) in [6, 6.07) is 15.3. The maximum atomic E-state index is 13.2. The molecule has 1 aromatic heterocycles. The Morgan fingerprint density at radius 3 is 2.53 bits per heavy atom. The van der Waals surface area contributed by atoms with Gasteiger partial charge >= 0.3 is 5.97 Å². The lowest BCUT2D eigenvalue weighted by Gasteiger charge is -2.18. The highest BCUT2D eigenvalue weighted by atomic mass is 16.5. The number of carboxylic acids is 1. The Morgan fingerprint density at radius 2 is 1.85 bits per heavy atom. The normalized spacial score (nSPS) is 11.4. The van der Waals surface area contributed by atoms with Crippen LogP contribution in [0.1, 0.15) is 34.3 Å². The lowest BCUT2D eigenvalue weighted by Crippen LogP contribution is -2.41. The number of nitrogens with zero attached hydrogens (tertiary/aromatic N) is 1. The molecule has 1 heterocycles. The van der Waals surface area contributed by atoms with Crippen molar-refractivity contribution in [1.29, 1.82) is 0 Å². The fraction of sp³-hybridized carbons (Fsp3) is 0.231. The predicted octanol–water partition coefficient (Wildman–Crippen LogP) is 3.35. The van der Waals surface area contributed by atoms with Gasteiger partial charge in [0.05, 0.1) is 6.20 Å². The van der Waals surface area contributed by atoms with Gasteiger partial charge in [0.25, 0.3) is 5.91 Å². The van der Waals surface area contributed by atoms with Gasteiger partial charge in [-0.15, -0.1) is 0 Å². The predicted molar refractivity (Wildman–Crippen MR) is 127 cm³/mol. The molecule has 1 unspecified atom stereocenters. The van der Waals surface area contributed by atoms with E-state index < -0.39 is 17.9 Å². The number of carboxylic acid groups (broad SMARTS) is 1. The van der Waals surface area contributed by atoms with Crippen LogP contribution in [0.5, 0.6) is 5.75 Å². The highest BCUT2D eigenvalue weighted by Gasteiger charge is 2.23. The molecule has 0 aliphatic carbocycles. The molecule has 0 bridgehead atoms. The van der Waals surface area contributed by atoms with Crippen LogP contribution in [0.15, 0.2) is 67.0 Å². The molecule has 2 amide bonds. The molecular formula is C26H27N3O5. The van der Waals surface area contributed by atoms with E-state index in [2.05, 4.69) is 15.6 Å². The average molecular weight is 462 g/mol. The van der Waals surface area contributed by atoms with Crippen molar-refractivity contribution in [3.8, 4) is 16.9 Å². The number of pyridine rings is 1. The van der Waals surface area contributed by atoms with Gasteiger partial charge in [0, 0.05) is 25.2 Å². The Labute approximate surface area is 198 Å². The summed E-state index contributed by atoms with van der Waals surface area (Å²) in [6.45, 7) is 2.22. The maximum Gasteiger partial charge on any atom is 0.326 e. The van der Waals surface area contributed by atoms with Crippen molar-refractivity contribution in [2.24, 2.45) is 0 Å². The van der Waals surface area contributed by atoms with Gasteiger partial charge in [-0.2, -0.15) is 0 Å². The molecule has 0 aliphatic rings. The molecule has 3 N–H and O–H groups in total. The van der Waals surface area contributed by atoms with E-state index in [1.807, 2.05) is 43.3 Å². The average Bonchev–Trinajstić information content (AvgIpc) is 2.85. The zero-order valence-corrected chi connectivity index (χ0v) is 19.1. The first-order valence-electron chi connectivity index (χ1n) is 10.8. The monoisotopic (exact) mass is 461 g/mol. The number of aromatic nitrogens is 1. The quantitative estimate of drug-likeness (QED) is 0.426. The van der Waals surface area contributed by atoms with Gasteiger partial charge in [-0.05, 0) is 59.9 Å². The van der Waals surface area contributed by atoms with Gasteiger partial charge in [0.1, 0.15) is 18.4 Å². The van der Waals surface area contributed by atoms with Crippen LogP contribution in [-0.2, 0) is 16.2 Å². The van der Waals surface area contributed by atoms with Crippen molar-refractivity contribution in [2.45, 2.75) is 32.4 Å². The molecule has 0 saturated carbocycles. The Kier molecular flexibility index (Phi) is 8.34. The molecule has 1 atom stereocenters. The molecule has 176 valence electrons. The van der Waals surface area contributed by atoms with Crippen LogP contribution in [-0.4, -0.2) is 41.0 Å². The van der Waals surface area contributed by atoms with Crippen LogP contribution in [0, 0.1) is 6.92 Å². The number of aryl methyl sites for hydroxylation is 1. The number of carbonyl (C=O) groups is 3. The highest BCUT2D eigenvalue weighted by Crippen LogP contribution is 2.29. The molecular weight excluding hydrogens is 434 g/mol. The van der Waals surface area contributed by atoms with Crippen molar-refractivity contribution in [2.75, 3.05) is 7.05 Å². The number of benzene rings is 2. The molecule has 0 fully saturated rings. The van der Waals surface area contributed by atoms with E-state index in [0.29, 0.717) is 16.9 Å². The summed E-state index contributed by atoms with van der Waals surface area (Å²) >= 11 is 0. The van der Waals surface area contributed by atoms with Gasteiger partial charge in [0.15, 0.2) is 0 Å². The minimum Gasteiger partial charge on any atom is -0.487 e. The summed E-state index contributed by atoms with van der Waals surface area (Å²) in [5.74, 6) is -1.39. The van der Waals surface area contributed by atoms with E-state index in [1.54, 1.807) is 30.6 Å². The van der Waals surface area contributed by atoms with E-state index >= 15 is 0 Å². The largest absolute Gasteiger partial charge is 0.487 e. The Morgan fingerprint density at radius 1 is 1.06 bits per heavy atom. The number of hydrogen-bond donors (Lipinski definition) is 3. The SMILES string of the molecule is CNC(=O)CCC(NC(=O)c1ccc(COc2cccnc2)cc1-c1ccccc1C)C(=O)O. The lowest BCUT2D eigenvalue weighted by atomic mass is 9.93. The van der Waals surface area contributed by atoms with E-state index in [-0.39, 0.29) is 25.4 Å². The lowest BCUT2D eigenvalue weighted by molar-refractivity contribution is -0.139. The molecule has 3 aromatic rings. The van der Waals surface area contributed by atoms with Crippen molar-refractivity contribution in [1.82, 2.24) is 15.6 Å². The summed E-state index contributed by atoms with van der Waals surface area (Å²) in [4.78, 5) is 40.4. The number of aliphatic carboxylic acids is 1. The molecule has 0 aliphatic heterocycles. The summed E-state index contributed by atoms with van der Waals surface area (Å²) in [5.41, 5.74) is 3.67. The topological polar surface area (TPSA) is 118 Å². The van der Waals surface area contributed by atoms with E-state index in [4.69, 9.17) is 4.74 Å². The minimum atomic E-state index is -1.20. The summed E-state index contributed by atoms with van der Waals surface area (Å²) < 4.78 is 5.80. The van der Waals surface area contributed by atoms with Crippen LogP contribution >= 0.6 is 0 Å². The van der Waals surface area contributed by atoms with E-state index in [1.165, 1.54) is 7.05 Å². The first-order chi connectivity index (χ1) is 16.4. The van der Waals surface area contributed by atoms with E-state index in [0.717, 1.165) is 16.7 Å². The first-order valence-corrected chi connectivity index (χ1v) is 10.8. The molecule has 3 rings (SSSR count). The van der Waals surface area contributed by atoms with Crippen molar-refractivity contribution < 1.29 is 24.2 Å². The minimum absolute atomic E-state index is 0.0109. The molecule has 0 spiro atoms. The van der Waals surface area contributed by atoms with Gasteiger partial charge in [-0.1, -0.05) is 30.3 Å². The fourth-order valence-corrected chi connectivity index (χ4v) is 3.47. The van der Waals surface area contributed by atoms with E-state index in [9.17, 15) is 19.5 Å². The first kappa shape index (κ1) is 24.4.